The van der Waals surface area contributed by atoms with Gasteiger partial charge in [-0.3, -0.25) is 0 Å². The number of hydrogen-bond acceptors (Lipinski definition) is 1. The topological polar surface area (TPSA) is 12.0 Å². The average Bonchev–Trinajstić information content (AvgIpc) is 3.08. The van der Waals surface area contributed by atoms with E-state index in [0.717, 1.165) is 18.9 Å². The van der Waals surface area contributed by atoms with Gasteiger partial charge in [-0.15, -0.1) is 0 Å². The second-order valence-electron chi connectivity index (χ2n) is 4.70. The van der Waals surface area contributed by atoms with Crippen LogP contribution in [0.4, 0.5) is 0 Å². The van der Waals surface area contributed by atoms with Crippen LogP contribution in [-0.4, -0.2) is 6.54 Å². The van der Waals surface area contributed by atoms with Gasteiger partial charge in [0, 0.05) is 10.5 Å². The summed E-state index contributed by atoms with van der Waals surface area (Å²) in [4.78, 5) is 0. The van der Waals surface area contributed by atoms with Gasteiger partial charge in [0.1, 0.15) is 0 Å². The molecule has 0 saturated heterocycles. The molecule has 1 aliphatic rings. The SMILES string of the molecule is CCC(NCCC1CC1)c1cccc(Br)c1. The van der Waals surface area contributed by atoms with E-state index in [9.17, 15) is 0 Å². The van der Waals surface area contributed by atoms with Crippen molar-refractivity contribution in [2.24, 2.45) is 5.92 Å². The maximum atomic E-state index is 3.66. The van der Waals surface area contributed by atoms with E-state index in [1.165, 1.54) is 29.3 Å². The van der Waals surface area contributed by atoms with Crippen LogP contribution in [0.3, 0.4) is 0 Å². The molecular formula is C14H20BrN. The van der Waals surface area contributed by atoms with Crippen molar-refractivity contribution in [1.29, 1.82) is 0 Å². The summed E-state index contributed by atoms with van der Waals surface area (Å²) in [7, 11) is 0. The molecule has 0 aliphatic heterocycles. The van der Waals surface area contributed by atoms with E-state index in [1.807, 2.05) is 0 Å². The molecule has 0 radical (unpaired) electrons. The van der Waals surface area contributed by atoms with Gasteiger partial charge in [0.25, 0.3) is 0 Å². The molecule has 1 atom stereocenters. The maximum absolute atomic E-state index is 3.66. The van der Waals surface area contributed by atoms with Crippen molar-refractivity contribution in [2.75, 3.05) is 6.54 Å². The van der Waals surface area contributed by atoms with E-state index in [2.05, 4.69) is 52.4 Å². The van der Waals surface area contributed by atoms with Gasteiger partial charge >= 0.3 is 0 Å². The van der Waals surface area contributed by atoms with Crippen LogP contribution >= 0.6 is 15.9 Å². The summed E-state index contributed by atoms with van der Waals surface area (Å²) in [5, 5.41) is 3.66. The highest BCUT2D eigenvalue weighted by atomic mass is 79.9. The second kappa shape index (κ2) is 5.83. The van der Waals surface area contributed by atoms with Crippen molar-refractivity contribution in [3.05, 3.63) is 34.3 Å². The number of halogens is 1. The fourth-order valence-electron chi connectivity index (χ4n) is 2.09. The Morgan fingerprint density at radius 3 is 2.88 bits per heavy atom. The summed E-state index contributed by atoms with van der Waals surface area (Å²) in [5.41, 5.74) is 1.40. The Morgan fingerprint density at radius 1 is 1.44 bits per heavy atom. The Morgan fingerprint density at radius 2 is 2.25 bits per heavy atom. The van der Waals surface area contributed by atoms with Crippen molar-refractivity contribution in [3.8, 4) is 0 Å². The second-order valence-corrected chi connectivity index (χ2v) is 5.62. The summed E-state index contributed by atoms with van der Waals surface area (Å²) in [6, 6.07) is 9.14. The number of rotatable bonds is 6. The molecule has 0 bridgehead atoms. The summed E-state index contributed by atoms with van der Waals surface area (Å²) < 4.78 is 1.17. The summed E-state index contributed by atoms with van der Waals surface area (Å²) in [5.74, 6) is 1.02. The third-order valence-corrected chi connectivity index (χ3v) is 3.79. The highest BCUT2D eigenvalue weighted by Crippen LogP contribution is 2.32. The van der Waals surface area contributed by atoms with Crippen molar-refractivity contribution in [2.45, 2.75) is 38.6 Å². The molecule has 88 valence electrons. The van der Waals surface area contributed by atoms with Gasteiger partial charge < -0.3 is 5.32 Å². The lowest BCUT2D eigenvalue weighted by atomic mass is 10.0. The van der Waals surface area contributed by atoms with Crippen LogP contribution in [0.5, 0.6) is 0 Å². The molecule has 1 fully saturated rings. The first-order valence-electron chi connectivity index (χ1n) is 6.28. The lowest BCUT2D eigenvalue weighted by Crippen LogP contribution is -2.22. The largest absolute Gasteiger partial charge is 0.310 e. The van der Waals surface area contributed by atoms with Crippen molar-refractivity contribution >= 4 is 15.9 Å². The zero-order chi connectivity index (χ0) is 11.4. The lowest BCUT2D eigenvalue weighted by molar-refractivity contribution is 0.498. The van der Waals surface area contributed by atoms with Crippen LogP contribution in [0, 0.1) is 5.92 Å². The van der Waals surface area contributed by atoms with E-state index < -0.39 is 0 Å². The fraction of sp³-hybridized carbons (Fsp3) is 0.571. The minimum atomic E-state index is 0.510. The zero-order valence-corrected chi connectivity index (χ0v) is 11.5. The van der Waals surface area contributed by atoms with E-state index >= 15 is 0 Å². The molecule has 1 N–H and O–H groups in total. The van der Waals surface area contributed by atoms with Crippen molar-refractivity contribution < 1.29 is 0 Å². The van der Waals surface area contributed by atoms with Crippen LogP contribution in [0.1, 0.15) is 44.2 Å². The first-order chi connectivity index (χ1) is 7.79. The Bertz CT molecular complexity index is 333. The van der Waals surface area contributed by atoms with Crippen molar-refractivity contribution in [1.82, 2.24) is 5.32 Å². The number of benzene rings is 1. The molecule has 2 heteroatoms. The monoisotopic (exact) mass is 281 g/mol. The molecule has 1 unspecified atom stereocenters. The van der Waals surface area contributed by atoms with Gasteiger partial charge in [0.05, 0.1) is 0 Å². The Labute approximate surface area is 107 Å². The van der Waals surface area contributed by atoms with Crippen LogP contribution in [0.15, 0.2) is 28.7 Å². The van der Waals surface area contributed by atoms with Crippen LogP contribution < -0.4 is 5.32 Å². The lowest BCUT2D eigenvalue weighted by Gasteiger charge is -2.17. The number of hydrogen-bond donors (Lipinski definition) is 1. The highest BCUT2D eigenvalue weighted by molar-refractivity contribution is 9.10. The molecule has 1 saturated carbocycles. The average molecular weight is 282 g/mol. The van der Waals surface area contributed by atoms with E-state index in [1.54, 1.807) is 0 Å². The smallest absolute Gasteiger partial charge is 0.0318 e. The number of nitrogens with one attached hydrogen (secondary N) is 1. The third-order valence-electron chi connectivity index (χ3n) is 3.30. The molecule has 2 rings (SSSR count). The van der Waals surface area contributed by atoms with Crippen LogP contribution in [0.2, 0.25) is 0 Å². The summed E-state index contributed by atoms with van der Waals surface area (Å²) in [6.07, 6.45) is 5.41. The molecule has 16 heavy (non-hydrogen) atoms. The van der Waals surface area contributed by atoms with E-state index in [4.69, 9.17) is 0 Å². The van der Waals surface area contributed by atoms with E-state index in [-0.39, 0.29) is 0 Å². The predicted molar refractivity (Wildman–Crippen MR) is 72.5 cm³/mol. The third kappa shape index (κ3) is 3.60. The Balaban J connectivity index is 1.87. The Kier molecular flexibility index (Phi) is 4.42. The normalized spacial score (nSPS) is 17.4. The molecule has 1 aromatic carbocycles. The van der Waals surface area contributed by atoms with Gasteiger partial charge in [-0.2, -0.15) is 0 Å². The molecule has 1 aromatic rings. The molecule has 1 nitrogen and oxygen atoms in total. The van der Waals surface area contributed by atoms with Gasteiger partial charge in [0.2, 0.25) is 0 Å². The molecule has 0 aromatic heterocycles. The first kappa shape index (κ1) is 12.1. The van der Waals surface area contributed by atoms with Gasteiger partial charge in [-0.05, 0) is 43.0 Å². The maximum Gasteiger partial charge on any atom is 0.0318 e. The van der Waals surface area contributed by atoms with Crippen LogP contribution in [-0.2, 0) is 0 Å². The summed E-state index contributed by atoms with van der Waals surface area (Å²) in [6.45, 7) is 3.41. The van der Waals surface area contributed by atoms with Gasteiger partial charge in [0.15, 0.2) is 0 Å². The molecule has 0 amide bonds. The first-order valence-corrected chi connectivity index (χ1v) is 7.07. The zero-order valence-electron chi connectivity index (χ0n) is 9.88. The minimum absolute atomic E-state index is 0.510. The van der Waals surface area contributed by atoms with Gasteiger partial charge in [-0.1, -0.05) is 47.8 Å². The summed E-state index contributed by atoms with van der Waals surface area (Å²) >= 11 is 3.53. The molecule has 0 spiro atoms. The highest BCUT2D eigenvalue weighted by Gasteiger charge is 2.20. The van der Waals surface area contributed by atoms with Crippen molar-refractivity contribution in [3.63, 3.8) is 0 Å². The van der Waals surface area contributed by atoms with E-state index in [0.29, 0.717) is 6.04 Å². The fourth-order valence-corrected chi connectivity index (χ4v) is 2.51. The van der Waals surface area contributed by atoms with Gasteiger partial charge in [-0.25, -0.2) is 0 Å². The quantitative estimate of drug-likeness (QED) is 0.820. The van der Waals surface area contributed by atoms with Crippen LogP contribution in [0.25, 0.3) is 0 Å². The predicted octanol–water partition coefficient (Wildman–Crippen LogP) is 4.29. The molecule has 1 aliphatic carbocycles. The molecular weight excluding hydrogens is 262 g/mol. The minimum Gasteiger partial charge on any atom is -0.310 e. The standard InChI is InChI=1S/C14H20BrN/c1-2-14(16-9-8-11-6-7-11)12-4-3-5-13(15)10-12/h3-5,10-11,14,16H,2,6-9H2,1H3. The molecule has 0 heterocycles. The Hall–Kier alpha value is -0.340.